The van der Waals surface area contributed by atoms with Crippen molar-refractivity contribution in [1.82, 2.24) is 14.7 Å². The number of fused-ring (bicyclic) bond motifs is 4. The average molecular weight is 1140 g/mol. The van der Waals surface area contributed by atoms with Gasteiger partial charge < -0.3 is 47.3 Å². The maximum atomic E-state index is 14.8. The third-order valence-electron chi connectivity index (χ3n) is 14.1. The Morgan fingerprint density at radius 2 is 1.10 bits per heavy atom. The minimum atomic E-state index is -6.10. The number of ether oxygens (including phenoxy) is 6. The Bertz CT molecular complexity index is 2940. The number of hydrogen-bond donors (Lipinski definition) is 0. The van der Waals surface area contributed by atoms with Crippen molar-refractivity contribution < 1.29 is 73.4 Å². The molecule has 78 heavy (non-hydrogen) atoms. The van der Waals surface area contributed by atoms with E-state index >= 15 is 0 Å². The molecule has 0 aliphatic carbocycles. The first-order chi connectivity index (χ1) is 36.8. The highest BCUT2D eigenvalue weighted by molar-refractivity contribution is 7.87. The van der Waals surface area contributed by atoms with E-state index in [1.807, 2.05) is 12.1 Å². The van der Waals surface area contributed by atoms with Crippen LogP contribution in [0, 0.1) is 0 Å². The minimum Gasteiger partial charge on any atom is -0.493 e. The van der Waals surface area contributed by atoms with Crippen LogP contribution in [0.15, 0.2) is 66.7 Å². The number of alkyl halides is 3. The van der Waals surface area contributed by atoms with Crippen LogP contribution in [-0.4, -0.2) is 168 Å². The van der Waals surface area contributed by atoms with Crippen molar-refractivity contribution in [3.8, 4) is 23.0 Å². The third-order valence-corrected chi connectivity index (χ3v) is 18.5. The van der Waals surface area contributed by atoms with Crippen LogP contribution in [0.5, 0.6) is 23.0 Å². The van der Waals surface area contributed by atoms with E-state index in [0.717, 1.165) is 66.2 Å². The first-order valence-corrected chi connectivity index (χ1v) is 34.7. The predicted molar refractivity (Wildman–Crippen MR) is 292 cm³/mol. The van der Waals surface area contributed by atoms with E-state index in [1.54, 1.807) is 18.3 Å². The fraction of sp³-hybridized carbons (Fsp3) is 0.509. The first kappa shape index (κ1) is 58.0. The lowest BCUT2D eigenvalue weighted by molar-refractivity contribution is -0.123. The largest absolute Gasteiger partial charge is 0.534 e. The highest BCUT2D eigenvalue weighted by Crippen LogP contribution is 2.44. The number of piperazine rings is 1. The van der Waals surface area contributed by atoms with Crippen molar-refractivity contribution in [2.24, 2.45) is 0 Å². The molecule has 5 aliphatic rings. The molecule has 0 bridgehead atoms. The van der Waals surface area contributed by atoms with Gasteiger partial charge in [-0.2, -0.15) is 21.6 Å². The predicted octanol–water partition coefficient (Wildman–Crippen LogP) is 7.80. The number of halogens is 3. The molecule has 0 unspecified atom stereocenters. The van der Waals surface area contributed by atoms with Gasteiger partial charge in [0.25, 0.3) is 23.6 Å². The van der Waals surface area contributed by atoms with Gasteiger partial charge >= 0.3 is 15.6 Å². The maximum absolute atomic E-state index is 14.8. The van der Waals surface area contributed by atoms with Crippen molar-refractivity contribution in [3.63, 3.8) is 0 Å². The quantitative estimate of drug-likeness (QED) is 0.0410. The molecule has 5 aliphatic heterocycles. The van der Waals surface area contributed by atoms with E-state index < -0.39 is 67.9 Å². The first-order valence-electron chi connectivity index (χ1n) is 25.9. The minimum absolute atomic E-state index is 0.0147. The molecule has 19 nitrogen and oxygen atoms in total. The lowest BCUT2D eigenvalue weighted by Gasteiger charge is -2.34. The van der Waals surface area contributed by atoms with E-state index in [1.165, 1.54) is 41.1 Å². The molecular weight excluding hydrogens is 1070 g/mol. The summed E-state index contributed by atoms with van der Waals surface area (Å²) in [7, 11) is -4.29. The summed E-state index contributed by atoms with van der Waals surface area (Å²) in [5.74, 6) is -2.32. The normalized spacial score (nSPS) is 19.2. The fourth-order valence-electron chi connectivity index (χ4n) is 9.47. The third kappa shape index (κ3) is 13.0. The standard InChI is InChI=1S/C53H69F3N6O13SSi2/c1-57-15-17-58(18-16-57)37-13-11-35(12-14-37)36-25-43-51(65)61(33-71-21-23-77(4,5)6)41-29-47(45(69-2)27-39(41)49(63)59(43)31-36)73-19-10-20-74-48-30-42-40(28-46(48)70-3)50(64)60-32-38(75-76(67,68)53(54,55)56)26-44(60)52(66)62(42)34-72-22-24-78(7,8)9/h11-14,27-32,43-44H,10,15-26,33-34H2,1-9H3/t43-,44-/m0/s1. The lowest BCUT2D eigenvalue weighted by atomic mass is 10.0. The molecule has 0 spiro atoms. The van der Waals surface area contributed by atoms with Crippen LogP contribution in [-0.2, 0) is 33.4 Å². The highest BCUT2D eigenvalue weighted by atomic mass is 32.2. The van der Waals surface area contributed by atoms with Gasteiger partial charge in [-0.1, -0.05) is 51.4 Å². The Balaban J connectivity index is 1.01. The summed E-state index contributed by atoms with van der Waals surface area (Å²) in [5.41, 5.74) is -2.33. The van der Waals surface area contributed by atoms with Gasteiger partial charge in [-0.15, -0.1) is 0 Å². The molecule has 25 heteroatoms. The van der Waals surface area contributed by atoms with Crippen molar-refractivity contribution >= 4 is 72.5 Å². The number of likely N-dealkylation sites (N-methyl/N-ethyl adjacent to an activating group) is 1. The number of nitrogens with zero attached hydrogens (tertiary/aromatic N) is 6. The molecule has 2 atom stereocenters. The molecule has 0 saturated carbocycles. The second kappa shape index (κ2) is 23.3. The van der Waals surface area contributed by atoms with Gasteiger partial charge in [0.1, 0.15) is 31.3 Å². The summed E-state index contributed by atoms with van der Waals surface area (Å²) in [6, 6.07) is 13.5. The zero-order valence-corrected chi connectivity index (χ0v) is 48.4. The van der Waals surface area contributed by atoms with Crippen LogP contribution >= 0.6 is 0 Å². The maximum Gasteiger partial charge on any atom is 0.534 e. The van der Waals surface area contributed by atoms with Crippen molar-refractivity contribution in [3.05, 3.63) is 83.4 Å². The van der Waals surface area contributed by atoms with Crippen LogP contribution in [0.1, 0.15) is 45.5 Å². The Labute approximate surface area is 455 Å². The smallest absolute Gasteiger partial charge is 0.493 e. The van der Waals surface area contributed by atoms with Gasteiger partial charge in [0.2, 0.25) is 0 Å². The van der Waals surface area contributed by atoms with Crippen molar-refractivity contribution in [2.75, 3.05) is 102 Å². The number of rotatable bonds is 22. The van der Waals surface area contributed by atoms with Crippen LogP contribution in [0.3, 0.4) is 0 Å². The van der Waals surface area contributed by atoms with Gasteiger partial charge in [0.15, 0.2) is 23.0 Å². The summed E-state index contributed by atoms with van der Waals surface area (Å²) in [5, 5.41) is 0. The van der Waals surface area contributed by atoms with Gasteiger partial charge in [0.05, 0.1) is 49.9 Å². The number of carbonyl (C=O) groups excluding carboxylic acids is 4. The number of benzene rings is 3. The molecule has 0 radical (unpaired) electrons. The molecule has 5 heterocycles. The van der Waals surface area contributed by atoms with E-state index in [4.69, 9.17) is 28.4 Å². The van der Waals surface area contributed by atoms with E-state index in [2.05, 4.69) is 72.4 Å². The lowest BCUT2D eigenvalue weighted by Crippen LogP contribution is -2.45. The second-order valence-electron chi connectivity index (χ2n) is 22.3. The van der Waals surface area contributed by atoms with Gasteiger partial charge in [-0.25, -0.2) is 0 Å². The average Bonchev–Trinajstić information content (AvgIpc) is 3.99. The number of methoxy groups -OCH3 is 2. The van der Waals surface area contributed by atoms with Crippen LogP contribution in [0.2, 0.25) is 51.4 Å². The summed E-state index contributed by atoms with van der Waals surface area (Å²) in [6.45, 7) is 17.3. The van der Waals surface area contributed by atoms with Crippen LogP contribution in [0.25, 0.3) is 5.57 Å². The van der Waals surface area contributed by atoms with E-state index in [0.29, 0.717) is 18.7 Å². The Hall–Kier alpha value is -6.13. The number of hydrogen-bond acceptors (Lipinski definition) is 15. The molecule has 1 fully saturated rings. The van der Waals surface area contributed by atoms with Gasteiger partial charge in [0, 0.05) is 105 Å². The van der Waals surface area contributed by atoms with Crippen LogP contribution in [0.4, 0.5) is 30.2 Å². The number of amides is 4. The zero-order valence-electron chi connectivity index (χ0n) is 45.6. The second-order valence-corrected chi connectivity index (χ2v) is 35.0. The van der Waals surface area contributed by atoms with E-state index in [9.17, 15) is 40.8 Å². The van der Waals surface area contributed by atoms with Gasteiger partial charge in [-0.05, 0) is 54.5 Å². The molecule has 1 saturated heterocycles. The van der Waals surface area contributed by atoms with Crippen molar-refractivity contribution in [1.29, 1.82) is 0 Å². The van der Waals surface area contributed by atoms with Crippen LogP contribution < -0.4 is 33.6 Å². The molecule has 8 rings (SSSR count). The SMILES string of the molecule is COc1cc2c(cc1OCCCOc1cc3c(cc1OC)C(=O)N1C=C(c4ccc(N5CCN(C)CC5)cc4)C[C@H]1C(=O)N3COCC[Si](C)(C)C)N(COCC[Si](C)(C)C)C(=O)[C@@H]1CC(OS(=O)(=O)C(F)(F)F)=CN1C2=O. The zero-order chi connectivity index (χ0) is 56.5. The van der Waals surface area contributed by atoms with E-state index in [-0.39, 0.29) is 91.3 Å². The van der Waals surface area contributed by atoms with Crippen molar-refractivity contribution in [2.45, 2.75) is 88.2 Å². The monoisotopic (exact) mass is 1140 g/mol. The molecule has 0 aromatic heterocycles. The Morgan fingerprint density at radius 1 is 0.628 bits per heavy atom. The summed E-state index contributed by atoms with van der Waals surface area (Å²) >= 11 is 0. The number of carbonyl (C=O) groups is 4. The Morgan fingerprint density at radius 3 is 1.56 bits per heavy atom. The molecule has 424 valence electrons. The summed E-state index contributed by atoms with van der Waals surface area (Å²) in [4.78, 5) is 67.5. The highest BCUT2D eigenvalue weighted by Gasteiger charge is 2.51. The van der Waals surface area contributed by atoms with Gasteiger partial charge in [-0.3, -0.25) is 33.9 Å². The molecule has 3 aromatic rings. The number of anilines is 3. The molecule has 3 aromatic carbocycles. The molecule has 0 N–H and O–H groups in total. The fourth-order valence-corrected chi connectivity index (χ4v) is 11.5. The topological polar surface area (TPSA) is 186 Å². The molecule has 4 amide bonds. The molecular formula is C53H69F3N6O13SSi2. The summed E-state index contributed by atoms with van der Waals surface area (Å²) in [6.07, 6.45) is 2.46. The Kier molecular flexibility index (Phi) is 17.3. The summed E-state index contributed by atoms with van der Waals surface area (Å²) < 4.78 is 104.